The summed E-state index contributed by atoms with van der Waals surface area (Å²) in [6, 6.07) is 18.3. The molecule has 1 aliphatic carbocycles. The summed E-state index contributed by atoms with van der Waals surface area (Å²) in [4.78, 5) is 28.0. The summed E-state index contributed by atoms with van der Waals surface area (Å²) in [5.74, 6) is -0.358. The monoisotopic (exact) mass is 491 g/mol. The molecule has 2 aromatic carbocycles. The van der Waals surface area contributed by atoms with Gasteiger partial charge >= 0.3 is 0 Å². The second-order valence-electron chi connectivity index (χ2n) is 9.17. The predicted molar refractivity (Wildman–Crippen MR) is 134 cm³/mol. The van der Waals surface area contributed by atoms with Crippen molar-refractivity contribution in [2.45, 2.75) is 37.1 Å². The summed E-state index contributed by atoms with van der Waals surface area (Å²) in [5.41, 5.74) is 3.11. The molecule has 1 saturated heterocycles. The third kappa shape index (κ3) is 4.81. The summed E-state index contributed by atoms with van der Waals surface area (Å²) in [5, 5.41) is 0. The van der Waals surface area contributed by atoms with Crippen LogP contribution in [0.4, 0.5) is 0 Å². The van der Waals surface area contributed by atoms with Gasteiger partial charge in [0, 0.05) is 32.4 Å². The molecule has 0 bridgehead atoms. The number of sulfonamides is 1. The number of carbonyl (C=O) groups is 1. The van der Waals surface area contributed by atoms with Crippen molar-refractivity contribution in [3.63, 3.8) is 0 Å². The predicted octanol–water partition coefficient (Wildman–Crippen LogP) is 2.92. The van der Waals surface area contributed by atoms with E-state index in [0.717, 1.165) is 36.8 Å². The second-order valence-corrected chi connectivity index (χ2v) is 11.1. The van der Waals surface area contributed by atoms with E-state index in [1.54, 1.807) is 29.3 Å². The van der Waals surface area contributed by atoms with E-state index in [0.29, 0.717) is 11.4 Å². The zero-order chi connectivity index (χ0) is 24.4. The first-order chi connectivity index (χ1) is 16.9. The summed E-state index contributed by atoms with van der Waals surface area (Å²) >= 11 is 0. The lowest BCUT2D eigenvalue weighted by atomic mass is 9.92. The minimum absolute atomic E-state index is 0.106. The first-order valence-corrected chi connectivity index (χ1v) is 13.5. The number of hydrogen-bond donors (Lipinski definition) is 0. The molecular weight excluding hydrogens is 462 g/mol. The summed E-state index contributed by atoms with van der Waals surface area (Å²) in [6.07, 6.45) is 5.83. The Hall–Kier alpha value is -3.23. The molecule has 8 heteroatoms. The van der Waals surface area contributed by atoms with Gasteiger partial charge in [0.15, 0.2) is 0 Å². The SMILES string of the molecule is O=C(c1cccn(Cc2ccccc2)c1=O)N1CCN(S(=O)(=O)c2ccc3c(c2)CCCC3)CC1. The lowest BCUT2D eigenvalue weighted by Crippen LogP contribution is -2.51. The molecular formula is C27H29N3O4S. The van der Waals surface area contributed by atoms with Crippen molar-refractivity contribution >= 4 is 15.9 Å². The molecule has 7 nitrogen and oxygen atoms in total. The molecule has 0 spiro atoms. The smallest absolute Gasteiger partial charge is 0.263 e. The van der Waals surface area contributed by atoms with Crippen LogP contribution in [0, 0.1) is 0 Å². The highest BCUT2D eigenvalue weighted by Crippen LogP contribution is 2.26. The molecule has 0 unspecified atom stereocenters. The molecule has 35 heavy (non-hydrogen) atoms. The number of amides is 1. The van der Waals surface area contributed by atoms with Crippen LogP contribution in [-0.4, -0.2) is 54.3 Å². The summed E-state index contributed by atoms with van der Waals surface area (Å²) in [7, 11) is -3.63. The van der Waals surface area contributed by atoms with Gasteiger partial charge in [0.1, 0.15) is 5.56 Å². The van der Waals surface area contributed by atoms with Gasteiger partial charge < -0.3 is 9.47 Å². The molecule has 3 aromatic rings. The number of aromatic nitrogens is 1. The maximum Gasteiger partial charge on any atom is 0.263 e. The van der Waals surface area contributed by atoms with Gasteiger partial charge in [0.25, 0.3) is 11.5 Å². The molecule has 1 aliphatic heterocycles. The van der Waals surface area contributed by atoms with E-state index in [2.05, 4.69) is 0 Å². The van der Waals surface area contributed by atoms with Crippen molar-refractivity contribution in [2.75, 3.05) is 26.2 Å². The van der Waals surface area contributed by atoms with Crippen LogP contribution in [0.25, 0.3) is 0 Å². The normalized spacial score (nSPS) is 16.6. The Kier molecular flexibility index (Phi) is 6.58. The van der Waals surface area contributed by atoms with Crippen molar-refractivity contribution in [1.29, 1.82) is 0 Å². The zero-order valence-electron chi connectivity index (χ0n) is 19.6. The average Bonchev–Trinajstić information content (AvgIpc) is 2.90. The Morgan fingerprint density at radius 1 is 0.829 bits per heavy atom. The van der Waals surface area contributed by atoms with Crippen LogP contribution in [0.15, 0.2) is 76.6 Å². The third-order valence-corrected chi connectivity index (χ3v) is 8.82. The molecule has 1 aromatic heterocycles. The maximum atomic E-state index is 13.3. The van der Waals surface area contributed by atoms with E-state index in [9.17, 15) is 18.0 Å². The third-order valence-electron chi connectivity index (χ3n) is 6.93. The molecule has 0 atom stereocenters. The van der Waals surface area contributed by atoms with Gasteiger partial charge in [-0.2, -0.15) is 4.31 Å². The van der Waals surface area contributed by atoms with E-state index >= 15 is 0 Å². The van der Waals surface area contributed by atoms with E-state index < -0.39 is 10.0 Å². The summed E-state index contributed by atoms with van der Waals surface area (Å²) in [6.45, 7) is 1.28. The number of piperazine rings is 1. The number of nitrogens with zero attached hydrogens (tertiary/aromatic N) is 3. The van der Waals surface area contributed by atoms with E-state index in [-0.39, 0.29) is 43.2 Å². The van der Waals surface area contributed by atoms with Crippen LogP contribution in [0.2, 0.25) is 0 Å². The van der Waals surface area contributed by atoms with Crippen molar-refractivity contribution in [3.05, 3.63) is 99.5 Å². The molecule has 2 aliphatic rings. The molecule has 0 saturated carbocycles. The first-order valence-electron chi connectivity index (χ1n) is 12.1. The van der Waals surface area contributed by atoms with Gasteiger partial charge in [-0.25, -0.2) is 8.42 Å². The Balaban J connectivity index is 1.28. The minimum Gasteiger partial charge on any atom is -0.336 e. The van der Waals surface area contributed by atoms with Crippen LogP contribution in [0.3, 0.4) is 0 Å². The molecule has 182 valence electrons. The summed E-state index contributed by atoms with van der Waals surface area (Å²) < 4.78 is 29.5. The first kappa shape index (κ1) is 23.5. The Morgan fingerprint density at radius 3 is 2.29 bits per heavy atom. The molecule has 2 heterocycles. The van der Waals surface area contributed by atoms with E-state index in [1.165, 1.54) is 14.4 Å². The fraction of sp³-hybridized carbons (Fsp3) is 0.333. The lowest BCUT2D eigenvalue weighted by molar-refractivity contribution is 0.0695. The fourth-order valence-electron chi connectivity index (χ4n) is 4.93. The molecule has 0 radical (unpaired) electrons. The number of benzene rings is 2. The number of carbonyl (C=O) groups excluding carboxylic acids is 1. The van der Waals surface area contributed by atoms with Crippen molar-refractivity contribution < 1.29 is 13.2 Å². The van der Waals surface area contributed by atoms with E-state index in [1.807, 2.05) is 42.5 Å². The van der Waals surface area contributed by atoms with Gasteiger partial charge in [-0.3, -0.25) is 9.59 Å². The Bertz CT molecular complexity index is 1390. The molecule has 5 rings (SSSR count). The lowest BCUT2D eigenvalue weighted by Gasteiger charge is -2.34. The fourth-order valence-corrected chi connectivity index (χ4v) is 6.40. The molecule has 0 N–H and O–H groups in total. The quantitative estimate of drug-likeness (QED) is 0.550. The van der Waals surface area contributed by atoms with Gasteiger partial charge in [-0.15, -0.1) is 0 Å². The number of fused-ring (bicyclic) bond motifs is 1. The molecule has 1 amide bonds. The van der Waals surface area contributed by atoms with Crippen LogP contribution < -0.4 is 5.56 Å². The van der Waals surface area contributed by atoms with Gasteiger partial charge in [-0.05, 0) is 66.6 Å². The maximum absolute atomic E-state index is 13.3. The highest BCUT2D eigenvalue weighted by atomic mass is 32.2. The Morgan fingerprint density at radius 2 is 1.54 bits per heavy atom. The topological polar surface area (TPSA) is 79.7 Å². The van der Waals surface area contributed by atoms with Gasteiger partial charge in [0.2, 0.25) is 10.0 Å². The van der Waals surface area contributed by atoms with Crippen LogP contribution in [-0.2, 0) is 29.4 Å². The van der Waals surface area contributed by atoms with E-state index in [4.69, 9.17) is 0 Å². The van der Waals surface area contributed by atoms with Crippen molar-refractivity contribution in [2.24, 2.45) is 0 Å². The Labute approximate surface area is 205 Å². The van der Waals surface area contributed by atoms with Crippen LogP contribution >= 0.6 is 0 Å². The number of rotatable bonds is 5. The number of aryl methyl sites for hydroxylation is 2. The zero-order valence-corrected chi connectivity index (χ0v) is 20.4. The minimum atomic E-state index is -3.63. The molecule has 1 fully saturated rings. The van der Waals surface area contributed by atoms with Gasteiger partial charge in [0.05, 0.1) is 11.4 Å². The van der Waals surface area contributed by atoms with Crippen LogP contribution in [0.5, 0.6) is 0 Å². The highest BCUT2D eigenvalue weighted by Gasteiger charge is 2.31. The second kappa shape index (κ2) is 9.79. The van der Waals surface area contributed by atoms with Crippen LogP contribution in [0.1, 0.15) is 39.9 Å². The van der Waals surface area contributed by atoms with Crippen molar-refractivity contribution in [1.82, 2.24) is 13.8 Å². The number of hydrogen-bond acceptors (Lipinski definition) is 4. The highest BCUT2D eigenvalue weighted by molar-refractivity contribution is 7.89. The number of pyridine rings is 1. The largest absolute Gasteiger partial charge is 0.336 e. The van der Waals surface area contributed by atoms with Crippen molar-refractivity contribution in [3.8, 4) is 0 Å². The van der Waals surface area contributed by atoms with Gasteiger partial charge in [-0.1, -0.05) is 36.4 Å². The standard InChI is InChI=1S/C27H29N3O4S/c31-26(25-11-6-14-29(27(25)32)20-21-7-2-1-3-8-21)28-15-17-30(18-16-28)35(33,34)24-13-12-22-9-4-5-10-23(22)19-24/h1-3,6-8,11-14,19H,4-5,9-10,15-18,20H2. The average molecular weight is 492 g/mol.